The normalized spacial score (nSPS) is 22.3. The fourth-order valence-electron chi connectivity index (χ4n) is 2.44. The molecule has 0 aromatic carbocycles. The number of nitro groups is 1. The van der Waals surface area contributed by atoms with Gasteiger partial charge in [-0.1, -0.05) is 18.7 Å². The van der Waals surface area contributed by atoms with E-state index in [1.165, 1.54) is 12.3 Å². The van der Waals surface area contributed by atoms with Crippen molar-refractivity contribution >= 4 is 28.4 Å². The summed E-state index contributed by atoms with van der Waals surface area (Å²) in [4.78, 5) is 23.4. The molecule has 1 aromatic heterocycles. The molecule has 8 heteroatoms. The molecule has 0 spiro atoms. The SMILES string of the molecule is CC1CN=C(N2CCN(c3ccc([N+](=O)[O-])cn3)CC2)S1. The average Bonchev–Trinajstić information content (AvgIpc) is 2.94. The zero-order valence-electron chi connectivity index (χ0n) is 11.8. The Kier molecular flexibility index (Phi) is 3.96. The fraction of sp³-hybridized carbons (Fsp3) is 0.538. The molecule has 1 atom stereocenters. The van der Waals surface area contributed by atoms with Gasteiger partial charge in [0.2, 0.25) is 0 Å². The average molecular weight is 307 g/mol. The summed E-state index contributed by atoms with van der Waals surface area (Å²) in [6.07, 6.45) is 1.32. The van der Waals surface area contributed by atoms with E-state index in [1.807, 2.05) is 11.8 Å². The van der Waals surface area contributed by atoms with Crippen LogP contribution in [0.15, 0.2) is 23.3 Å². The number of rotatable bonds is 2. The first-order chi connectivity index (χ1) is 10.1. The minimum absolute atomic E-state index is 0.0306. The summed E-state index contributed by atoms with van der Waals surface area (Å²) >= 11 is 1.84. The highest BCUT2D eigenvalue weighted by Crippen LogP contribution is 2.24. The molecule has 0 aliphatic carbocycles. The maximum Gasteiger partial charge on any atom is 0.287 e. The molecule has 1 aromatic rings. The number of aromatic nitrogens is 1. The van der Waals surface area contributed by atoms with Crippen LogP contribution in [0.4, 0.5) is 11.5 Å². The van der Waals surface area contributed by atoms with Gasteiger partial charge in [0.15, 0.2) is 5.17 Å². The molecular formula is C13H17N5O2S. The molecule has 112 valence electrons. The Morgan fingerprint density at radius 1 is 1.29 bits per heavy atom. The van der Waals surface area contributed by atoms with Crippen molar-refractivity contribution in [1.29, 1.82) is 0 Å². The van der Waals surface area contributed by atoms with E-state index in [9.17, 15) is 10.1 Å². The lowest BCUT2D eigenvalue weighted by molar-refractivity contribution is -0.385. The summed E-state index contributed by atoms with van der Waals surface area (Å²) in [5.74, 6) is 0.801. The predicted octanol–water partition coefficient (Wildman–Crippen LogP) is 1.60. The molecule has 21 heavy (non-hydrogen) atoms. The Morgan fingerprint density at radius 2 is 2.00 bits per heavy atom. The Bertz CT molecular complexity index is 554. The van der Waals surface area contributed by atoms with Crippen molar-refractivity contribution in [2.45, 2.75) is 12.2 Å². The third kappa shape index (κ3) is 3.10. The van der Waals surface area contributed by atoms with Crippen LogP contribution < -0.4 is 4.90 Å². The van der Waals surface area contributed by atoms with E-state index in [2.05, 4.69) is 26.7 Å². The van der Waals surface area contributed by atoms with Crippen molar-refractivity contribution in [3.63, 3.8) is 0 Å². The number of pyridine rings is 1. The molecule has 2 aliphatic heterocycles. The van der Waals surface area contributed by atoms with E-state index in [0.29, 0.717) is 5.25 Å². The number of hydrogen-bond acceptors (Lipinski definition) is 7. The van der Waals surface area contributed by atoms with Gasteiger partial charge in [0.1, 0.15) is 12.0 Å². The van der Waals surface area contributed by atoms with Gasteiger partial charge in [-0.15, -0.1) is 0 Å². The maximum atomic E-state index is 10.6. The third-order valence-electron chi connectivity index (χ3n) is 3.61. The molecule has 0 amide bonds. The molecule has 0 saturated carbocycles. The van der Waals surface area contributed by atoms with Crippen molar-refractivity contribution < 1.29 is 4.92 Å². The summed E-state index contributed by atoms with van der Waals surface area (Å²) in [7, 11) is 0. The second-order valence-corrected chi connectivity index (χ2v) is 6.56. The van der Waals surface area contributed by atoms with Crippen LogP contribution in [0.2, 0.25) is 0 Å². The number of piperazine rings is 1. The first kappa shape index (κ1) is 14.1. The van der Waals surface area contributed by atoms with E-state index in [1.54, 1.807) is 6.07 Å². The third-order valence-corrected chi connectivity index (χ3v) is 4.76. The van der Waals surface area contributed by atoms with E-state index in [-0.39, 0.29) is 5.69 Å². The Morgan fingerprint density at radius 3 is 2.52 bits per heavy atom. The molecular weight excluding hydrogens is 290 g/mol. The quantitative estimate of drug-likeness (QED) is 0.610. The van der Waals surface area contributed by atoms with Crippen molar-refractivity contribution in [2.75, 3.05) is 37.6 Å². The van der Waals surface area contributed by atoms with Crippen LogP contribution >= 0.6 is 11.8 Å². The highest BCUT2D eigenvalue weighted by atomic mass is 32.2. The fourth-order valence-corrected chi connectivity index (χ4v) is 3.43. The second-order valence-electron chi connectivity index (χ2n) is 5.16. The van der Waals surface area contributed by atoms with Gasteiger partial charge in [0, 0.05) is 37.5 Å². The number of amidine groups is 1. The zero-order chi connectivity index (χ0) is 14.8. The van der Waals surface area contributed by atoms with Crippen molar-refractivity contribution in [1.82, 2.24) is 9.88 Å². The molecule has 1 saturated heterocycles. The standard InChI is InChI=1S/C13H17N5O2S/c1-10-8-15-13(21-10)17-6-4-16(5-7-17)12-3-2-11(9-14-12)18(19)20/h2-3,9-10H,4-8H2,1H3. The van der Waals surface area contributed by atoms with Crippen LogP contribution in [0.25, 0.3) is 0 Å². The molecule has 7 nitrogen and oxygen atoms in total. The lowest BCUT2D eigenvalue weighted by atomic mass is 10.3. The van der Waals surface area contributed by atoms with Gasteiger partial charge in [0.05, 0.1) is 11.5 Å². The van der Waals surface area contributed by atoms with E-state index >= 15 is 0 Å². The first-order valence-electron chi connectivity index (χ1n) is 6.95. The van der Waals surface area contributed by atoms with Crippen LogP contribution in [-0.4, -0.2) is 57.9 Å². The predicted molar refractivity (Wildman–Crippen MR) is 84.0 cm³/mol. The van der Waals surface area contributed by atoms with Crippen LogP contribution in [0.1, 0.15) is 6.92 Å². The van der Waals surface area contributed by atoms with Gasteiger partial charge in [-0.3, -0.25) is 15.1 Å². The van der Waals surface area contributed by atoms with Gasteiger partial charge in [-0.05, 0) is 6.07 Å². The first-order valence-corrected chi connectivity index (χ1v) is 7.83. The Labute approximate surface area is 127 Å². The molecule has 1 fully saturated rings. The Balaban J connectivity index is 1.59. The lowest BCUT2D eigenvalue weighted by Crippen LogP contribution is -2.48. The summed E-state index contributed by atoms with van der Waals surface area (Å²) in [5.41, 5.74) is 0.0306. The number of anilines is 1. The molecule has 3 heterocycles. The van der Waals surface area contributed by atoms with Gasteiger partial charge < -0.3 is 9.80 Å². The highest BCUT2D eigenvalue weighted by Gasteiger charge is 2.25. The molecule has 0 radical (unpaired) electrons. The second kappa shape index (κ2) is 5.88. The molecule has 3 rings (SSSR count). The monoisotopic (exact) mass is 307 g/mol. The van der Waals surface area contributed by atoms with Gasteiger partial charge in [0.25, 0.3) is 5.69 Å². The largest absolute Gasteiger partial charge is 0.353 e. The lowest BCUT2D eigenvalue weighted by Gasteiger charge is -2.36. The van der Waals surface area contributed by atoms with Crippen molar-refractivity contribution in [3.05, 3.63) is 28.4 Å². The smallest absolute Gasteiger partial charge is 0.287 e. The number of nitrogens with zero attached hydrogens (tertiary/aromatic N) is 5. The molecule has 0 bridgehead atoms. The maximum absolute atomic E-state index is 10.6. The van der Waals surface area contributed by atoms with Crippen LogP contribution in [0, 0.1) is 10.1 Å². The number of hydrogen-bond donors (Lipinski definition) is 0. The highest BCUT2D eigenvalue weighted by molar-refractivity contribution is 8.14. The zero-order valence-corrected chi connectivity index (χ0v) is 12.6. The minimum atomic E-state index is -0.425. The van der Waals surface area contributed by atoms with E-state index in [0.717, 1.165) is 43.7 Å². The Hall–Kier alpha value is -1.83. The summed E-state index contributed by atoms with van der Waals surface area (Å²) in [6.45, 7) is 6.65. The van der Waals surface area contributed by atoms with E-state index in [4.69, 9.17) is 0 Å². The van der Waals surface area contributed by atoms with Crippen molar-refractivity contribution in [2.24, 2.45) is 4.99 Å². The van der Waals surface area contributed by atoms with Crippen LogP contribution in [-0.2, 0) is 0 Å². The van der Waals surface area contributed by atoms with E-state index < -0.39 is 4.92 Å². The minimum Gasteiger partial charge on any atom is -0.353 e. The van der Waals surface area contributed by atoms with Crippen molar-refractivity contribution in [3.8, 4) is 0 Å². The van der Waals surface area contributed by atoms with Gasteiger partial charge >= 0.3 is 0 Å². The van der Waals surface area contributed by atoms with Crippen LogP contribution in [0.3, 0.4) is 0 Å². The summed E-state index contributed by atoms with van der Waals surface area (Å²) in [6, 6.07) is 3.23. The summed E-state index contributed by atoms with van der Waals surface area (Å²) < 4.78 is 0. The summed E-state index contributed by atoms with van der Waals surface area (Å²) in [5, 5.41) is 12.4. The topological polar surface area (TPSA) is 74.9 Å². The van der Waals surface area contributed by atoms with Gasteiger partial charge in [-0.2, -0.15) is 0 Å². The van der Waals surface area contributed by atoms with Crippen LogP contribution in [0.5, 0.6) is 0 Å². The number of aliphatic imine (C=N–C) groups is 1. The molecule has 0 N–H and O–H groups in total. The van der Waals surface area contributed by atoms with Gasteiger partial charge in [-0.25, -0.2) is 4.98 Å². The molecule has 1 unspecified atom stereocenters. The number of thioether (sulfide) groups is 1. The molecule has 2 aliphatic rings.